The topological polar surface area (TPSA) is 84.0 Å². The van der Waals surface area contributed by atoms with E-state index >= 15 is 0 Å². The van der Waals surface area contributed by atoms with Gasteiger partial charge in [0.05, 0.1) is 18.1 Å². The number of hydrogen-bond donors (Lipinski definition) is 2. The lowest BCUT2D eigenvalue weighted by atomic mass is 9.86. The number of nitrogens with zero attached hydrogens (tertiary/aromatic N) is 2. The number of benzene rings is 2. The van der Waals surface area contributed by atoms with Crippen LogP contribution in [0.2, 0.25) is 0 Å². The van der Waals surface area contributed by atoms with Crippen LogP contribution in [0.3, 0.4) is 0 Å². The Kier molecular flexibility index (Phi) is 6.26. The number of hydrogen-bond acceptors (Lipinski definition) is 4. The van der Waals surface area contributed by atoms with Crippen molar-refractivity contribution < 1.29 is 9.59 Å². The molecule has 3 rings (SSSR count). The van der Waals surface area contributed by atoms with Gasteiger partial charge in [-0.1, -0.05) is 63.2 Å². The Morgan fingerprint density at radius 1 is 0.900 bits per heavy atom. The summed E-state index contributed by atoms with van der Waals surface area (Å²) in [5.41, 5.74) is 3.03. The average molecular weight is 402 g/mol. The predicted octanol–water partition coefficient (Wildman–Crippen LogP) is 4.20. The molecule has 0 saturated carbocycles. The number of nitrogens with one attached hydrogen (secondary N) is 2. The molecule has 1 atom stereocenters. The third-order valence-electron chi connectivity index (χ3n) is 4.71. The number of aromatic nitrogens is 2. The van der Waals surface area contributed by atoms with Crippen LogP contribution in [0.5, 0.6) is 0 Å². The number of anilines is 1. The minimum Gasteiger partial charge on any atom is -0.341 e. The minimum atomic E-state index is -0.714. The Morgan fingerprint density at radius 3 is 2.07 bits per heavy atom. The summed E-state index contributed by atoms with van der Waals surface area (Å²) in [5.74, 6) is -0.0619. The SMILES string of the molecule is CC(NC(=O)c1ccc(C(C)(C)C)cc1)C(=O)Nc1cnc(-c2ccccc2)nc1. The Morgan fingerprint density at radius 2 is 1.50 bits per heavy atom. The highest BCUT2D eigenvalue weighted by atomic mass is 16.2. The van der Waals surface area contributed by atoms with E-state index in [1.165, 1.54) is 0 Å². The van der Waals surface area contributed by atoms with Gasteiger partial charge < -0.3 is 10.6 Å². The lowest BCUT2D eigenvalue weighted by molar-refractivity contribution is -0.117. The van der Waals surface area contributed by atoms with E-state index in [1.54, 1.807) is 31.5 Å². The number of rotatable bonds is 5. The molecule has 2 amide bonds. The second-order valence-electron chi connectivity index (χ2n) is 8.17. The van der Waals surface area contributed by atoms with Crippen molar-refractivity contribution in [1.82, 2.24) is 15.3 Å². The van der Waals surface area contributed by atoms with Crippen molar-refractivity contribution in [3.63, 3.8) is 0 Å². The summed E-state index contributed by atoms with van der Waals surface area (Å²) in [6, 6.07) is 16.3. The first-order valence-corrected chi connectivity index (χ1v) is 9.84. The van der Waals surface area contributed by atoms with Crippen LogP contribution >= 0.6 is 0 Å². The first-order valence-electron chi connectivity index (χ1n) is 9.84. The van der Waals surface area contributed by atoms with Gasteiger partial charge in [0.25, 0.3) is 5.91 Å². The van der Waals surface area contributed by atoms with Crippen molar-refractivity contribution in [2.75, 3.05) is 5.32 Å². The van der Waals surface area contributed by atoms with Crippen molar-refractivity contribution in [2.24, 2.45) is 0 Å². The van der Waals surface area contributed by atoms with Gasteiger partial charge in [-0.3, -0.25) is 9.59 Å². The van der Waals surface area contributed by atoms with Crippen LogP contribution in [-0.2, 0) is 10.2 Å². The molecule has 6 heteroatoms. The zero-order valence-electron chi connectivity index (χ0n) is 17.6. The van der Waals surface area contributed by atoms with E-state index in [1.807, 2.05) is 42.5 Å². The van der Waals surface area contributed by atoms with E-state index in [2.05, 4.69) is 41.4 Å². The maximum Gasteiger partial charge on any atom is 0.251 e. The summed E-state index contributed by atoms with van der Waals surface area (Å²) in [7, 11) is 0. The van der Waals surface area contributed by atoms with Gasteiger partial charge in [0, 0.05) is 11.1 Å². The largest absolute Gasteiger partial charge is 0.341 e. The zero-order valence-corrected chi connectivity index (χ0v) is 17.6. The molecule has 2 aromatic carbocycles. The summed E-state index contributed by atoms with van der Waals surface area (Å²) in [5, 5.41) is 5.45. The molecule has 1 aromatic heterocycles. The van der Waals surface area contributed by atoms with E-state index in [9.17, 15) is 9.59 Å². The molecule has 30 heavy (non-hydrogen) atoms. The van der Waals surface area contributed by atoms with Gasteiger partial charge in [-0.15, -0.1) is 0 Å². The molecule has 0 spiro atoms. The molecule has 2 N–H and O–H groups in total. The van der Waals surface area contributed by atoms with Crippen LogP contribution in [0.4, 0.5) is 5.69 Å². The molecule has 3 aromatic rings. The fourth-order valence-corrected chi connectivity index (χ4v) is 2.85. The maximum atomic E-state index is 12.5. The van der Waals surface area contributed by atoms with E-state index in [4.69, 9.17) is 0 Å². The van der Waals surface area contributed by atoms with Crippen molar-refractivity contribution in [3.8, 4) is 11.4 Å². The monoisotopic (exact) mass is 402 g/mol. The smallest absolute Gasteiger partial charge is 0.251 e. The standard InChI is InChI=1S/C24H26N4O2/c1-16(27-23(30)18-10-12-19(13-11-18)24(2,3)4)22(29)28-20-14-25-21(26-15-20)17-8-6-5-7-9-17/h5-16H,1-4H3,(H,27,30)(H,28,29). The van der Waals surface area contributed by atoms with Crippen LogP contribution in [0, 0.1) is 0 Å². The second-order valence-corrected chi connectivity index (χ2v) is 8.17. The van der Waals surface area contributed by atoms with Crippen molar-refractivity contribution >= 4 is 17.5 Å². The van der Waals surface area contributed by atoms with Crippen molar-refractivity contribution in [1.29, 1.82) is 0 Å². The van der Waals surface area contributed by atoms with Crippen LogP contribution in [0.1, 0.15) is 43.6 Å². The molecule has 0 saturated heterocycles. The van der Waals surface area contributed by atoms with Gasteiger partial charge in [0.1, 0.15) is 6.04 Å². The number of carbonyl (C=O) groups excluding carboxylic acids is 2. The summed E-state index contributed by atoms with van der Waals surface area (Å²) in [6.45, 7) is 7.98. The predicted molar refractivity (Wildman–Crippen MR) is 118 cm³/mol. The van der Waals surface area contributed by atoms with Crippen molar-refractivity contribution in [3.05, 3.63) is 78.1 Å². The quantitative estimate of drug-likeness (QED) is 0.670. The maximum absolute atomic E-state index is 12.5. The summed E-state index contributed by atoms with van der Waals surface area (Å²) in [4.78, 5) is 33.5. The summed E-state index contributed by atoms with van der Waals surface area (Å²) >= 11 is 0. The Balaban J connectivity index is 1.58. The van der Waals surface area contributed by atoms with Gasteiger partial charge in [0.15, 0.2) is 5.82 Å². The molecule has 0 aliphatic heterocycles. The van der Waals surface area contributed by atoms with Gasteiger partial charge in [-0.2, -0.15) is 0 Å². The molecular weight excluding hydrogens is 376 g/mol. The zero-order chi connectivity index (χ0) is 21.7. The van der Waals surface area contributed by atoms with Crippen LogP contribution in [0.25, 0.3) is 11.4 Å². The van der Waals surface area contributed by atoms with Crippen LogP contribution in [-0.4, -0.2) is 27.8 Å². The molecule has 0 radical (unpaired) electrons. The van der Waals surface area contributed by atoms with Gasteiger partial charge in [-0.25, -0.2) is 9.97 Å². The fourth-order valence-electron chi connectivity index (χ4n) is 2.85. The normalized spacial score (nSPS) is 12.1. The van der Waals surface area contributed by atoms with E-state index < -0.39 is 6.04 Å². The molecule has 1 unspecified atom stereocenters. The molecule has 6 nitrogen and oxygen atoms in total. The fraction of sp³-hybridized carbons (Fsp3) is 0.250. The Bertz CT molecular complexity index is 1010. The molecule has 154 valence electrons. The summed E-state index contributed by atoms with van der Waals surface area (Å²) < 4.78 is 0. The Hall–Kier alpha value is -3.54. The van der Waals surface area contributed by atoms with E-state index in [-0.39, 0.29) is 17.2 Å². The van der Waals surface area contributed by atoms with Crippen LogP contribution < -0.4 is 10.6 Å². The molecule has 0 bridgehead atoms. The van der Waals surface area contributed by atoms with Crippen LogP contribution in [0.15, 0.2) is 67.0 Å². The average Bonchev–Trinajstić information content (AvgIpc) is 2.74. The van der Waals surface area contributed by atoms with Gasteiger partial charge in [0.2, 0.25) is 5.91 Å². The van der Waals surface area contributed by atoms with E-state index in [0.29, 0.717) is 17.1 Å². The highest BCUT2D eigenvalue weighted by Gasteiger charge is 2.18. The molecule has 0 fully saturated rings. The Labute approximate surface area is 176 Å². The third kappa shape index (κ3) is 5.29. The second kappa shape index (κ2) is 8.86. The van der Waals surface area contributed by atoms with Gasteiger partial charge >= 0.3 is 0 Å². The first-order chi connectivity index (χ1) is 14.2. The first kappa shape index (κ1) is 21.2. The lowest BCUT2D eigenvalue weighted by Crippen LogP contribution is -2.41. The molecule has 1 heterocycles. The highest BCUT2D eigenvalue weighted by Crippen LogP contribution is 2.22. The number of amides is 2. The third-order valence-corrected chi connectivity index (χ3v) is 4.71. The van der Waals surface area contributed by atoms with Crippen molar-refractivity contribution in [2.45, 2.75) is 39.2 Å². The minimum absolute atomic E-state index is 0.0142. The molecular formula is C24H26N4O2. The lowest BCUT2D eigenvalue weighted by Gasteiger charge is -2.19. The van der Waals surface area contributed by atoms with E-state index in [0.717, 1.165) is 11.1 Å². The summed E-state index contributed by atoms with van der Waals surface area (Å²) in [6.07, 6.45) is 3.10. The molecule has 0 aliphatic carbocycles. The number of carbonyl (C=O) groups is 2. The highest BCUT2D eigenvalue weighted by molar-refractivity contribution is 6.00. The molecule has 0 aliphatic rings. The van der Waals surface area contributed by atoms with Gasteiger partial charge in [-0.05, 0) is 30.0 Å².